The Bertz CT molecular complexity index is 685. The van der Waals surface area contributed by atoms with Crippen LogP contribution in [-0.2, 0) is 23.8 Å². The van der Waals surface area contributed by atoms with Gasteiger partial charge in [-0.05, 0) is 18.6 Å². The quantitative estimate of drug-likeness (QED) is 0.838. The van der Waals surface area contributed by atoms with Crippen LogP contribution in [0.2, 0.25) is 5.02 Å². The third kappa shape index (κ3) is 3.25. The Morgan fingerprint density at radius 3 is 2.52 bits per heavy atom. The van der Waals surface area contributed by atoms with Crippen molar-refractivity contribution in [1.82, 2.24) is 0 Å². The number of carbonyl (C=O) groups excluding carboxylic acids is 2. The zero-order valence-corrected chi connectivity index (χ0v) is 13.6. The van der Waals surface area contributed by atoms with Crippen molar-refractivity contribution in [3.63, 3.8) is 0 Å². The van der Waals surface area contributed by atoms with E-state index in [-0.39, 0.29) is 35.4 Å². The summed E-state index contributed by atoms with van der Waals surface area (Å²) >= 11 is 6.21. The lowest BCUT2D eigenvalue weighted by Gasteiger charge is -2.32. The highest BCUT2D eigenvalue weighted by molar-refractivity contribution is 6.33. The lowest BCUT2D eigenvalue weighted by molar-refractivity contribution is -0.140. The summed E-state index contributed by atoms with van der Waals surface area (Å²) in [5, 5.41) is 10.2. The molecule has 1 N–H and O–H groups in total. The summed E-state index contributed by atoms with van der Waals surface area (Å²) in [5.41, 5.74) is 0.877. The molecule has 0 unspecified atom stereocenters. The summed E-state index contributed by atoms with van der Waals surface area (Å²) in [6.07, 6.45) is 0. The molecule has 0 aromatic heterocycles. The van der Waals surface area contributed by atoms with Crippen molar-refractivity contribution in [2.24, 2.45) is 0 Å². The topological polar surface area (TPSA) is 85.3 Å². The molecule has 1 aromatic carbocycles. The first-order chi connectivity index (χ1) is 10.9. The number of aryl methyl sites for hydroxylation is 1. The van der Waals surface area contributed by atoms with Gasteiger partial charge >= 0.3 is 11.9 Å². The Balaban J connectivity index is 2.62. The van der Waals surface area contributed by atoms with E-state index in [0.29, 0.717) is 11.3 Å². The van der Waals surface area contributed by atoms with E-state index in [1.54, 1.807) is 13.0 Å². The molecule has 1 heterocycles. The molecule has 0 saturated carbocycles. The van der Waals surface area contributed by atoms with Crippen molar-refractivity contribution in [3.05, 3.63) is 34.0 Å². The number of benzene rings is 1. The molecule has 0 spiro atoms. The summed E-state index contributed by atoms with van der Waals surface area (Å²) in [4.78, 5) is 25.4. The van der Waals surface area contributed by atoms with E-state index in [2.05, 4.69) is 4.74 Å². The lowest BCUT2D eigenvalue weighted by atomic mass is 10.1. The maximum Gasteiger partial charge on any atom is 0.355 e. The molecule has 8 heteroatoms. The van der Waals surface area contributed by atoms with Crippen LogP contribution >= 0.6 is 11.6 Å². The number of anilines is 1. The van der Waals surface area contributed by atoms with Gasteiger partial charge in [0, 0.05) is 6.07 Å². The minimum absolute atomic E-state index is 0.00110. The highest BCUT2D eigenvalue weighted by Gasteiger charge is 2.33. The molecule has 0 saturated heterocycles. The monoisotopic (exact) mass is 341 g/mol. The second-order valence-corrected chi connectivity index (χ2v) is 5.21. The molecule has 1 aliphatic heterocycles. The third-order valence-corrected chi connectivity index (χ3v) is 3.69. The number of rotatable bonds is 3. The predicted molar refractivity (Wildman–Crippen MR) is 82.2 cm³/mol. The number of methoxy groups -OCH3 is 2. The average Bonchev–Trinajstić information content (AvgIpc) is 2.56. The molecule has 7 nitrogen and oxygen atoms in total. The van der Waals surface area contributed by atoms with Crippen LogP contribution in [0.4, 0.5) is 5.69 Å². The molecule has 1 aromatic rings. The Morgan fingerprint density at radius 2 is 1.91 bits per heavy atom. The van der Waals surface area contributed by atoms with Gasteiger partial charge in [-0.2, -0.15) is 0 Å². The van der Waals surface area contributed by atoms with Crippen molar-refractivity contribution in [1.29, 1.82) is 0 Å². The minimum atomic E-state index is -0.732. The summed E-state index contributed by atoms with van der Waals surface area (Å²) in [7, 11) is 2.40. The van der Waals surface area contributed by atoms with Crippen molar-refractivity contribution in [3.8, 4) is 5.75 Å². The maximum absolute atomic E-state index is 12.2. The fraction of sp³-hybridized carbons (Fsp3) is 0.333. The molecule has 0 amide bonds. The molecule has 124 valence electrons. The first-order valence-electron chi connectivity index (χ1n) is 6.64. The Labute approximate surface area is 138 Å². The van der Waals surface area contributed by atoms with Gasteiger partial charge in [0.15, 0.2) is 0 Å². The second-order valence-electron chi connectivity index (χ2n) is 4.81. The fourth-order valence-electron chi connectivity index (χ4n) is 2.19. The van der Waals surface area contributed by atoms with E-state index < -0.39 is 11.9 Å². The molecule has 0 radical (unpaired) electrons. The van der Waals surface area contributed by atoms with Gasteiger partial charge in [-0.15, -0.1) is 0 Å². The van der Waals surface area contributed by atoms with Gasteiger partial charge < -0.3 is 24.2 Å². The van der Waals surface area contributed by atoms with E-state index in [4.69, 9.17) is 21.1 Å². The van der Waals surface area contributed by atoms with Crippen LogP contribution in [0.3, 0.4) is 0 Å². The smallest absolute Gasteiger partial charge is 0.355 e. The standard InChI is InChI=1S/C15H16ClNO6/c1-8-4-10(16)11(5-12(8)18)17-7-23-6-9(14(19)21-2)13(17)15(20)22-3/h4-5,18H,6-7H2,1-3H3. The summed E-state index contributed by atoms with van der Waals surface area (Å²) < 4.78 is 14.8. The molecule has 0 atom stereocenters. The number of hydrogen-bond acceptors (Lipinski definition) is 7. The second kappa shape index (κ2) is 6.89. The van der Waals surface area contributed by atoms with E-state index in [0.717, 1.165) is 0 Å². The highest BCUT2D eigenvalue weighted by Crippen LogP contribution is 2.36. The summed E-state index contributed by atoms with van der Waals surface area (Å²) in [6, 6.07) is 2.94. The zero-order valence-electron chi connectivity index (χ0n) is 12.9. The molecule has 2 rings (SSSR count). The van der Waals surface area contributed by atoms with Gasteiger partial charge in [0.1, 0.15) is 18.2 Å². The number of phenols is 1. The number of halogens is 1. The molecular formula is C15H16ClNO6. The SMILES string of the molecule is COC(=O)C1=C(C(=O)OC)N(c2cc(O)c(C)cc2Cl)COC1. The summed E-state index contributed by atoms with van der Waals surface area (Å²) in [6.45, 7) is 1.56. The molecule has 0 bridgehead atoms. The van der Waals surface area contributed by atoms with Crippen molar-refractivity contribution in [2.45, 2.75) is 6.92 Å². The van der Waals surface area contributed by atoms with Gasteiger partial charge in [-0.3, -0.25) is 0 Å². The molecule has 23 heavy (non-hydrogen) atoms. The lowest BCUT2D eigenvalue weighted by Crippen LogP contribution is -2.39. The van der Waals surface area contributed by atoms with Crippen molar-refractivity contribution < 1.29 is 28.9 Å². The number of hydrogen-bond donors (Lipinski definition) is 1. The van der Waals surface area contributed by atoms with Crippen LogP contribution in [0.5, 0.6) is 5.75 Å². The van der Waals surface area contributed by atoms with Crippen LogP contribution in [0.1, 0.15) is 5.56 Å². The zero-order chi connectivity index (χ0) is 17.1. The third-order valence-electron chi connectivity index (χ3n) is 3.39. The van der Waals surface area contributed by atoms with E-state index >= 15 is 0 Å². The van der Waals surface area contributed by atoms with E-state index in [1.165, 1.54) is 25.2 Å². The maximum atomic E-state index is 12.2. The molecule has 1 aliphatic rings. The van der Waals surface area contributed by atoms with Crippen molar-refractivity contribution >= 4 is 29.2 Å². The fourth-order valence-corrected chi connectivity index (χ4v) is 2.51. The van der Waals surface area contributed by atoms with Crippen LogP contribution in [0, 0.1) is 6.92 Å². The van der Waals surface area contributed by atoms with Gasteiger partial charge in [0.25, 0.3) is 0 Å². The Kier molecular flexibility index (Phi) is 5.12. The van der Waals surface area contributed by atoms with Crippen LogP contribution < -0.4 is 4.90 Å². The number of nitrogens with zero attached hydrogens (tertiary/aromatic N) is 1. The van der Waals surface area contributed by atoms with Crippen LogP contribution in [0.15, 0.2) is 23.4 Å². The number of aromatic hydroxyl groups is 1. The van der Waals surface area contributed by atoms with Gasteiger partial charge in [0.05, 0.1) is 37.1 Å². The Hall–Kier alpha value is -2.25. The van der Waals surface area contributed by atoms with Crippen LogP contribution in [0.25, 0.3) is 0 Å². The van der Waals surface area contributed by atoms with E-state index in [1.807, 2.05) is 0 Å². The van der Waals surface area contributed by atoms with E-state index in [9.17, 15) is 14.7 Å². The minimum Gasteiger partial charge on any atom is -0.508 e. The first-order valence-corrected chi connectivity index (χ1v) is 7.02. The summed E-state index contributed by atoms with van der Waals surface area (Å²) in [5.74, 6) is -1.44. The normalized spacial score (nSPS) is 14.7. The predicted octanol–water partition coefficient (Wildman–Crippen LogP) is 1.75. The number of esters is 2. The molecule has 0 fully saturated rings. The van der Waals surface area contributed by atoms with Crippen molar-refractivity contribution in [2.75, 3.05) is 32.5 Å². The Morgan fingerprint density at radius 1 is 1.26 bits per heavy atom. The van der Waals surface area contributed by atoms with Gasteiger partial charge in [0.2, 0.25) is 0 Å². The number of carbonyl (C=O) groups is 2. The highest BCUT2D eigenvalue weighted by atomic mass is 35.5. The van der Waals surface area contributed by atoms with Gasteiger partial charge in [-0.1, -0.05) is 11.6 Å². The largest absolute Gasteiger partial charge is 0.508 e. The molecule has 0 aliphatic carbocycles. The number of ether oxygens (including phenoxy) is 3. The average molecular weight is 342 g/mol. The number of phenolic OH excluding ortho intramolecular Hbond substituents is 1. The molecular weight excluding hydrogens is 326 g/mol. The van der Waals surface area contributed by atoms with Crippen LogP contribution in [-0.4, -0.2) is 44.6 Å². The first kappa shape index (κ1) is 17.1. The van der Waals surface area contributed by atoms with Gasteiger partial charge in [-0.25, -0.2) is 9.59 Å².